The van der Waals surface area contributed by atoms with Gasteiger partial charge in [-0.1, -0.05) is 17.7 Å². The van der Waals surface area contributed by atoms with Gasteiger partial charge in [0.05, 0.1) is 11.5 Å². The second kappa shape index (κ2) is 5.55. The molecule has 2 fully saturated rings. The topological polar surface area (TPSA) is 83.9 Å². The lowest BCUT2D eigenvalue weighted by molar-refractivity contribution is 0.108. The monoisotopic (exact) mass is 325 g/mol. The molecule has 1 saturated heterocycles. The molecule has 7 heteroatoms. The first-order valence-electron chi connectivity index (χ1n) is 7.32. The van der Waals surface area contributed by atoms with Crippen LogP contribution in [0.1, 0.15) is 18.4 Å². The average molecular weight is 325 g/mol. The lowest BCUT2D eigenvalue weighted by atomic mass is 9.96. The molecular formula is C15H19NO5S. The van der Waals surface area contributed by atoms with Gasteiger partial charge in [-0.2, -0.15) is 8.42 Å². The second-order valence-corrected chi connectivity index (χ2v) is 7.75. The zero-order valence-corrected chi connectivity index (χ0v) is 13.1. The molecule has 22 heavy (non-hydrogen) atoms. The standard InChI is InChI=1S/C15H19NO5S/c1-10-2-4-14(5-3-10)22(19,20)21-9-12-7-13-6-11(12)8-16(13)15(17)18/h2-5,11-13H,6-9H2,1H3,(H,17,18). The van der Waals surface area contributed by atoms with Gasteiger partial charge in [0.2, 0.25) is 0 Å². The van der Waals surface area contributed by atoms with Crippen LogP contribution in [0.2, 0.25) is 0 Å². The quantitative estimate of drug-likeness (QED) is 0.857. The number of amides is 1. The Hall–Kier alpha value is -1.60. The van der Waals surface area contributed by atoms with E-state index >= 15 is 0 Å². The van der Waals surface area contributed by atoms with Gasteiger partial charge < -0.3 is 10.0 Å². The summed E-state index contributed by atoms with van der Waals surface area (Å²) in [5.41, 5.74) is 0.987. The van der Waals surface area contributed by atoms with Gasteiger partial charge in [0.25, 0.3) is 10.1 Å². The summed E-state index contributed by atoms with van der Waals surface area (Å²) in [7, 11) is -3.74. The molecule has 0 radical (unpaired) electrons. The lowest BCUT2D eigenvalue weighted by Gasteiger charge is -2.29. The molecule has 1 amide bonds. The van der Waals surface area contributed by atoms with Crippen molar-refractivity contribution in [1.82, 2.24) is 4.90 Å². The molecule has 120 valence electrons. The number of rotatable bonds is 4. The number of carbonyl (C=O) groups is 1. The van der Waals surface area contributed by atoms with Crippen molar-refractivity contribution < 1.29 is 22.5 Å². The summed E-state index contributed by atoms with van der Waals surface area (Å²) in [6, 6.07) is 6.56. The summed E-state index contributed by atoms with van der Waals surface area (Å²) in [5, 5.41) is 9.05. The first-order chi connectivity index (χ1) is 10.4. The van der Waals surface area contributed by atoms with Crippen molar-refractivity contribution in [2.24, 2.45) is 11.8 Å². The molecule has 1 heterocycles. The first-order valence-corrected chi connectivity index (χ1v) is 8.73. The van der Waals surface area contributed by atoms with Gasteiger partial charge in [0, 0.05) is 12.6 Å². The van der Waals surface area contributed by atoms with Crippen molar-refractivity contribution in [1.29, 1.82) is 0 Å². The average Bonchev–Trinajstić information content (AvgIpc) is 3.05. The van der Waals surface area contributed by atoms with Crippen molar-refractivity contribution >= 4 is 16.2 Å². The molecule has 1 saturated carbocycles. The Kier molecular flexibility index (Phi) is 3.86. The zero-order valence-electron chi connectivity index (χ0n) is 12.3. The van der Waals surface area contributed by atoms with Crippen molar-refractivity contribution in [3.8, 4) is 0 Å². The van der Waals surface area contributed by atoms with Crippen LogP contribution in [0.4, 0.5) is 4.79 Å². The SMILES string of the molecule is Cc1ccc(S(=O)(=O)OCC2CC3CC2CN3C(=O)O)cc1. The smallest absolute Gasteiger partial charge is 0.407 e. The Morgan fingerprint density at radius 2 is 2.00 bits per heavy atom. The minimum atomic E-state index is -3.74. The van der Waals surface area contributed by atoms with Crippen LogP contribution in [0.5, 0.6) is 0 Å². The largest absolute Gasteiger partial charge is 0.465 e. The Balaban J connectivity index is 1.60. The van der Waals surface area contributed by atoms with Gasteiger partial charge in [0.1, 0.15) is 0 Å². The van der Waals surface area contributed by atoms with Crippen LogP contribution in [-0.2, 0) is 14.3 Å². The van der Waals surface area contributed by atoms with E-state index in [1.807, 2.05) is 6.92 Å². The molecule has 3 rings (SSSR count). The summed E-state index contributed by atoms with van der Waals surface area (Å²) in [4.78, 5) is 12.6. The molecule has 1 aromatic rings. The molecule has 1 aliphatic heterocycles. The molecule has 1 aromatic carbocycles. The van der Waals surface area contributed by atoms with Gasteiger partial charge in [-0.25, -0.2) is 4.79 Å². The third-order valence-corrected chi connectivity index (χ3v) is 5.98. The third kappa shape index (κ3) is 2.83. The fraction of sp³-hybridized carbons (Fsp3) is 0.533. The van der Waals surface area contributed by atoms with Crippen LogP contribution in [0.3, 0.4) is 0 Å². The number of hydrogen-bond acceptors (Lipinski definition) is 4. The fourth-order valence-electron chi connectivity index (χ4n) is 3.45. The van der Waals surface area contributed by atoms with Crippen LogP contribution >= 0.6 is 0 Å². The van der Waals surface area contributed by atoms with Crippen LogP contribution in [0.25, 0.3) is 0 Å². The van der Waals surface area contributed by atoms with E-state index in [9.17, 15) is 13.2 Å². The lowest BCUT2D eigenvalue weighted by Crippen LogP contribution is -2.40. The summed E-state index contributed by atoms with van der Waals surface area (Å²) >= 11 is 0. The highest BCUT2D eigenvalue weighted by Gasteiger charge is 2.46. The third-order valence-electron chi connectivity index (χ3n) is 4.68. The summed E-state index contributed by atoms with van der Waals surface area (Å²) in [6.07, 6.45) is 0.602. The summed E-state index contributed by atoms with van der Waals surface area (Å²) in [6.45, 7) is 2.50. The van der Waals surface area contributed by atoms with E-state index in [1.165, 1.54) is 17.0 Å². The van der Waals surface area contributed by atoms with Crippen molar-refractivity contribution in [3.05, 3.63) is 29.8 Å². The molecule has 3 atom stereocenters. The summed E-state index contributed by atoms with van der Waals surface area (Å²) < 4.78 is 29.5. The molecule has 2 aliphatic rings. The van der Waals surface area contributed by atoms with E-state index in [0.717, 1.165) is 12.0 Å². The van der Waals surface area contributed by atoms with Gasteiger partial charge in [-0.3, -0.25) is 4.18 Å². The molecule has 1 aliphatic carbocycles. The number of likely N-dealkylation sites (tertiary alicyclic amines) is 1. The molecule has 0 aromatic heterocycles. The maximum Gasteiger partial charge on any atom is 0.407 e. The number of carboxylic acid groups (broad SMARTS) is 1. The van der Waals surface area contributed by atoms with Crippen molar-refractivity contribution in [3.63, 3.8) is 0 Å². The Labute approximate surface area is 129 Å². The number of benzene rings is 1. The van der Waals surface area contributed by atoms with Crippen LogP contribution in [0, 0.1) is 18.8 Å². The predicted molar refractivity (Wildman–Crippen MR) is 79.0 cm³/mol. The highest BCUT2D eigenvalue weighted by molar-refractivity contribution is 7.86. The van der Waals surface area contributed by atoms with Crippen LogP contribution in [0.15, 0.2) is 29.2 Å². The maximum absolute atomic E-state index is 12.2. The molecule has 3 unspecified atom stereocenters. The first kappa shape index (κ1) is 15.3. The number of fused-ring (bicyclic) bond motifs is 2. The molecule has 0 spiro atoms. The molecule has 1 N–H and O–H groups in total. The molecule has 6 nitrogen and oxygen atoms in total. The number of piperidine rings is 1. The Morgan fingerprint density at radius 1 is 1.32 bits per heavy atom. The van der Waals surface area contributed by atoms with E-state index in [2.05, 4.69) is 0 Å². The van der Waals surface area contributed by atoms with E-state index in [0.29, 0.717) is 13.0 Å². The zero-order chi connectivity index (χ0) is 15.9. The minimum Gasteiger partial charge on any atom is -0.465 e. The Bertz CT molecular complexity index is 670. The normalized spacial score (nSPS) is 27.3. The van der Waals surface area contributed by atoms with E-state index in [-0.39, 0.29) is 29.4 Å². The van der Waals surface area contributed by atoms with Gasteiger partial charge >= 0.3 is 6.09 Å². The van der Waals surface area contributed by atoms with Crippen molar-refractivity contribution in [2.45, 2.75) is 30.7 Å². The van der Waals surface area contributed by atoms with Gasteiger partial charge in [0.15, 0.2) is 0 Å². The highest BCUT2D eigenvalue weighted by atomic mass is 32.2. The number of nitrogens with zero attached hydrogens (tertiary/aromatic N) is 1. The number of hydrogen-bond donors (Lipinski definition) is 1. The van der Waals surface area contributed by atoms with Crippen LogP contribution in [-0.4, -0.2) is 43.7 Å². The van der Waals surface area contributed by atoms with E-state index in [4.69, 9.17) is 9.29 Å². The highest BCUT2D eigenvalue weighted by Crippen LogP contribution is 2.42. The van der Waals surface area contributed by atoms with Crippen molar-refractivity contribution in [2.75, 3.05) is 13.2 Å². The Morgan fingerprint density at radius 3 is 2.55 bits per heavy atom. The van der Waals surface area contributed by atoms with Gasteiger partial charge in [-0.05, 0) is 43.7 Å². The predicted octanol–water partition coefficient (Wildman–Crippen LogP) is 2.09. The minimum absolute atomic E-state index is 0.0122. The number of aryl methyl sites for hydroxylation is 1. The second-order valence-electron chi connectivity index (χ2n) is 6.13. The summed E-state index contributed by atoms with van der Waals surface area (Å²) in [5.74, 6) is 0.315. The fourth-order valence-corrected chi connectivity index (χ4v) is 4.41. The molecule has 2 bridgehead atoms. The molecular weight excluding hydrogens is 306 g/mol. The van der Waals surface area contributed by atoms with E-state index in [1.54, 1.807) is 12.1 Å². The van der Waals surface area contributed by atoms with Crippen LogP contribution < -0.4 is 0 Å². The van der Waals surface area contributed by atoms with E-state index < -0.39 is 16.2 Å². The maximum atomic E-state index is 12.2. The van der Waals surface area contributed by atoms with Gasteiger partial charge in [-0.15, -0.1) is 0 Å².